The van der Waals surface area contributed by atoms with Crippen molar-refractivity contribution in [1.82, 2.24) is 19.9 Å². The van der Waals surface area contributed by atoms with Crippen LogP contribution in [0.3, 0.4) is 0 Å². The summed E-state index contributed by atoms with van der Waals surface area (Å²) in [6.07, 6.45) is -2.88. The van der Waals surface area contributed by atoms with Crippen molar-refractivity contribution in [3.05, 3.63) is 34.5 Å². The van der Waals surface area contributed by atoms with Gasteiger partial charge in [-0.1, -0.05) is 25.4 Å². The van der Waals surface area contributed by atoms with Crippen LogP contribution in [0.5, 0.6) is 5.75 Å². The molecule has 2 aromatic heterocycles. The van der Waals surface area contributed by atoms with Crippen molar-refractivity contribution in [2.45, 2.75) is 70.1 Å². The molecule has 0 bridgehead atoms. The molecule has 9 nitrogen and oxygen atoms in total. The average Bonchev–Trinajstić information content (AvgIpc) is 3.17. The number of amides is 1. The Hall–Kier alpha value is -2.52. The summed E-state index contributed by atoms with van der Waals surface area (Å²) in [5.41, 5.74) is -0.266. The maximum absolute atomic E-state index is 13.2. The van der Waals surface area contributed by atoms with Crippen molar-refractivity contribution in [1.29, 1.82) is 0 Å². The molecule has 3 rings (SSSR count). The maximum Gasteiger partial charge on any atom is 0.391 e. The maximum atomic E-state index is 13.2. The molecule has 0 aliphatic heterocycles. The van der Waals surface area contributed by atoms with E-state index in [0.29, 0.717) is 12.8 Å². The summed E-state index contributed by atoms with van der Waals surface area (Å²) in [6.45, 7) is -0.716. The van der Waals surface area contributed by atoms with Crippen molar-refractivity contribution in [2.75, 3.05) is 12.8 Å². The minimum absolute atomic E-state index is 0.000583. The highest BCUT2D eigenvalue weighted by Crippen LogP contribution is 2.34. The van der Waals surface area contributed by atoms with Gasteiger partial charge in [-0.05, 0) is 37.3 Å². The average molecular weight is 617 g/mol. The van der Waals surface area contributed by atoms with E-state index in [1.54, 1.807) is 6.92 Å². The van der Waals surface area contributed by atoms with Gasteiger partial charge in [0.25, 0.3) is 5.91 Å². The third-order valence-electron chi connectivity index (χ3n) is 6.88. The Kier molecular flexibility index (Phi) is 10.0. The molecular formula is C24H30ClF5N4O5S. The lowest BCUT2D eigenvalue weighted by Crippen LogP contribution is -2.41. The lowest BCUT2D eigenvalue weighted by molar-refractivity contribution is -0.169. The van der Waals surface area contributed by atoms with Crippen LogP contribution in [-0.4, -0.2) is 70.9 Å². The van der Waals surface area contributed by atoms with Crippen LogP contribution >= 0.6 is 11.6 Å². The molecule has 1 saturated carbocycles. The lowest BCUT2D eigenvalue weighted by atomic mass is 9.86. The van der Waals surface area contributed by atoms with Gasteiger partial charge in [0.2, 0.25) is 0 Å². The van der Waals surface area contributed by atoms with Crippen LogP contribution in [0.15, 0.2) is 12.3 Å². The molecule has 1 unspecified atom stereocenters. The summed E-state index contributed by atoms with van der Waals surface area (Å²) in [5, 5.41) is 12.1. The van der Waals surface area contributed by atoms with E-state index in [9.17, 15) is 40.3 Å². The number of aliphatic hydroxyl groups excluding tert-OH is 1. The molecule has 4 atom stereocenters. The van der Waals surface area contributed by atoms with Crippen molar-refractivity contribution in [3.63, 3.8) is 0 Å². The van der Waals surface area contributed by atoms with Crippen LogP contribution in [-0.2, 0) is 22.7 Å². The summed E-state index contributed by atoms with van der Waals surface area (Å²) in [6, 6.07) is 1.01. The molecule has 1 aliphatic rings. The first-order chi connectivity index (χ1) is 18.5. The molecule has 1 aliphatic carbocycles. The number of carbonyl (C=O) groups excluding carboxylic acids is 1. The number of aromatic nitrogens is 3. The largest absolute Gasteiger partial charge is 0.431 e. The normalized spacial score (nSPS) is 20.9. The number of rotatable bonds is 10. The molecular weight excluding hydrogens is 587 g/mol. The zero-order chi connectivity index (χ0) is 30.0. The summed E-state index contributed by atoms with van der Waals surface area (Å²) < 4.78 is 94.7. The third-order valence-corrected chi connectivity index (χ3v) is 8.87. The van der Waals surface area contributed by atoms with Gasteiger partial charge in [-0.15, -0.1) is 0 Å². The quantitative estimate of drug-likeness (QED) is 0.385. The van der Waals surface area contributed by atoms with Gasteiger partial charge in [-0.25, -0.2) is 18.4 Å². The molecule has 2 heterocycles. The fourth-order valence-electron chi connectivity index (χ4n) is 4.56. The van der Waals surface area contributed by atoms with Crippen molar-refractivity contribution < 1.29 is 45.0 Å². The molecule has 0 spiro atoms. The first-order valence-electron chi connectivity index (χ1n) is 12.5. The number of aryl methyl sites for hydroxylation is 1. The van der Waals surface area contributed by atoms with Gasteiger partial charge in [-0.2, -0.15) is 22.0 Å². The molecule has 40 heavy (non-hydrogen) atoms. The monoisotopic (exact) mass is 616 g/mol. The standard InChI is InChI=1S/C24H30ClF5N4O5S/c1-4-18-33-19(22(36)32-11-14-5-6-15(9-16(14)35)40(3,37)38)20(25)34(18)21-17(39-23(26)27)8-13(10-31-21)7-12(2)24(28,29)30/h8,10,12,14-16,23,35H,4-7,9,11H2,1-3H3,(H,32,36)/t12?,14-,15+,16+/m0/s1. The van der Waals surface area contributed by atoms with E-state index in [4.69, 9.17) is 11.6 Å². The summed E-state index contributed by atoms with van der Waals surface area (Å²) >= 11 is 6.44. The summed E-state index contributed by atoms with van der Waals surface area (Å²) in [4.78, 5) is 21.2. The number of alkyl halides is 5. The highest BCUT2D eigenvalue weighted by atomic mass is 35.5. The topological polar surface area (TPSA) is 123 Å². The zero-order valence-electron chi connectivity index (χ0n) is 21.9. The van der Waals surface area contributed by atoms with Gasteiger partial charge in [0, 0.05) is 31.3 Å². The van der Waals surface area contributed by atoms with Gasteiger partial charge in [0.1, 0.15) is 20.8 Å². The van der Waals surface area contributed by atoms with E-state index in [-0.39, 0.29) is 47.4 Å². The number of aliphatic hydroxyl groups is 1. The fourth-order valence-corrected chi connectivity index (χ4v) is 5.97. The molecule has 1 fully saturated rings. The Balaban J connectivity index is 1.85. The minimum Gasteiger partial charge on any atom is -0.431 e. The number of hydrogen-bond donors (Lipinski definition) is 2. The van der Waals surface area contributed by atoms with E-state index < -0.39 is 63.9 Å². The van der Waals surface area contributed by atoms with Crippen LogP contribution in [0, 0.1) is 11.8 Å². The van der Waals surface area contributed by atoms with Crippen molar-refractivity contribution in [2.24, 2.45) is 11.8 Å². The number of nitrogens with one attached hydrogen (secondary N) is 1. The van der Waals surface area contributed by atoms with E-state index in [1.807, 2.05) is 0 Å². The Morgan fingerprint density at radius 3 is 2.55 bits per heavy atom. The van der Waals surface area contributed by atoms with Gasteiger partial charge in [0.15, 0.2) is 17.3 Å². The molecule has 2 aromatic rings. The number of sulfone groups is 1. The van der Waals surface area contributed by atoms with Crippen LogP contribution in [0.25, 0.3) is 5.82 Å². The Morgan fingerprint density at radius 1 is 1.32 bits per heavy atom. The Bertz CT molecular complexity index is 1320. The number of halogens is 6. The van der Waals surface area contributed by atoms with Crippen LogP contribution in [0.4, 0.5) is 22.0 Å². The number of hydrogen-bond acceptors (Lipinski definition) is 7. The van der Waals surface area contributed by atoms with Crippen molar-refractivity contribution in [3.8, 4) is 11.6 Å². The van der Waals surface area contributed by atoms with Crippen molar-refractivity contribution >= 4 is 27.3 Å². The molecule has 2 N–H and O–H groups in total. The molecule has 0 aromatic carbocycles. The minimum atomic E-state index is -4.50. The second-order valence-corrected chi connectivity index (χ2v) is 12.5. The number of nitrogens with zero attached hydrogens (tertiary/aromatic N) is 3. The highest BCUT2D eigenvalue weighted by molar-refractivity contribution is 7.91. The molecule has 0 saturated heterocycles. The van der Waals surface area contributed by atoms with Gasteiger partial charge < -0.3 is 15.2 Å². The van der Waals surface area contributed by atoms with Crippen LogP contribution in [0.1, 0.15) is 55.0 Å². The number of imidazole rings is 1. The SMILES string of the molecule is CCc1nc(C(=O)NC[C@@H]2CC[C@@H](S(C)(=O)=O)C[C@H]2O)c(Cl)n1-c1ncc(CC(C)C(F)(F)F)cc1OC(F)F. The summed E-state index contributed by atoms with van der Waals surface area (Å²) in [5.74, 6) is -3.60. The lowest BCUT2D eigenvalue weighted by Gasteiger charge is -2.32. The van der Waals surface area contributed by atoms with E-state index in [1.165, 1.54) is 0 Å². The van der Waals surface area contributed by atoms with Crippen LogP contribution < -0.4 is 10.1 Å². The first-order valence-corrected chi connectivity index (χ1v) is 14.8. The first kappa shape index (κ1) is 32.0. The highest BCUT2D eigenvalue weighted by Gasteiger charge is 2.37. The number of carbonyl (C=O) groups is 1. The molecule has 224 valence electrons. The Morgan fingerprint density at radius 2 is 2.00 bits per heavy atom. The smallest absolute Gasteiger partial charge is 0.391 e. The second-order valence-electron chi connectivity index (χ2n) is 9.85. The third kappa shape index (κ3) is 7.60. The summed E-state index contributed by atoms with van der Waals surface area (Å²) in [7, 11) is -3.31. The van der Waals surface area contributed by atoms with Gasteiger partial charge >= 0.3 is 12.8 Å². The number of pyridine rings is 1. The van der Waals surface area contributed by atoms with Gasteiger partial charge in [0.05, 0.1) is 17.3 Å². The molecule has 0 radical (unpaired) electrons. The number of ether oxygens (including phenoxy) is 1. The second kappa shape index (κ2) is 12.6. The van der Waals surface area contributed by atoms with E-state index in [0.717, 1.165) is 30.0 Å². The fraction of sp³-hybridized carbons (Fsp3) is 0.625. The Labute approximate surface area is 233 Å². The zero-order valence-corrected chi connectivity index (χ0v) is 23.5. The van der Waals surface area contributed by atoms with Crippen LogP contribution in [0.2, 0.25) is 5.15 Å². The molecule has 16 heteroatoms. The van der Waals surface area contributed by atoms with E-state index in [2.05, 4.69) is 20.0 Å². The van der Waals surface area contributed by atoms with Gasteiger partial charge in [-0.3, -0.25) is 9.36 Å². The van der Waals surface area contributed by atoms with E-state index >= 15 is 0 Å². The predicted molar refractivity (Wildman–Crippen MR) is 136 cm³/mol. The molecule has 1 amide bonds. The predicted octanol–water partition coefficient (Wildman–Crippen LogP) is 4.13.